The first-order valence-corrected chi connectivity index (χ1v) is 11.0. The average Bonchev–Trinajstić information content (AvgIpc) is 2.91. The lowest BCUT2D eigenvalue weighted by Gasteiger charge is -2.28. The number of alkyl halides is 3. The Morgan fingerprint density at radius 3 is 2.10 bits per heavy atom. The highest BCUT2D eigenvalue weighted by Crippen LogP contribution is 2.34. The molecule has 39 heavy (non-hydrogen) atoms. The van der Waals surface area contributed by atoms with E-state index < -0.39 is 47.2 Å². The Morgan fingerprint density at radius 1 is 0.923 bits per heavy atom. The average molecular weight is 541 g/mol. The fourth-order valence-electron chi connectivity index (χ4n) is 3.25. The van der Waals surface area contributed by atoms with Crippen LogP contribution in [0, 0.1) is 28.5 Å². The molecule has 1 atom stereocenters. The number of amides is 1. The molecule has 0 aliphatic carbocycles. The molecular weight excluding hydrogens is 522 g/mol. The number of nitrogens with zero attached hydrogens (tertiary/aromatic N) is 2. The number of halogens is 4. The minimum Gasteiger partial charge on any atom is -0.497 e. The van der Waals surface area contributed by atoms with E-state index in [1.165, 1.54) is 43.5 Å². The molecule has 0 saturated heterocycles. The van der Waals surface area contributed by atoms with Crippen LogP contribution in [0.4, 0.5) is 23.2 Å². The number of rotatable bonds is 8. The zero-order valence-electron chi connectivity index (χ0n) is 20.4. The van der Waals surface area contributed by atoms with E-state index in [2.05, 4.69) is 5.32 Å². The van der Waals surface area contributed by atoms with Gasteiger partial charge in [-0.2, -0.15) is 23.7 Å². The van der Waals surface area contributed by atoms with Gasteiger partial charge in [0.2, 0.25) is 5.60 Å². The molecule has 3 aromatic carbocycles. The molecule has 0 spiro atoms. The Bertz CT molecular complexity index is 1480. The largest absolute Gasteiger partial charge is 0.497 e. The predicted molar refractivity (Wildman–Crippen MR) is 128 cm³/mol. The van der Waals surface area contributed by atoms with Crippen LogP contribution < -0.4 is 14.8 Å². The first kappa shape index (κ1) is 28.5. The van der Waals surface area contributed by atoms with Crippen LogP contribution in [0.5, 0.6) is 11.5 Å². The van der Waals surface area contributed by atoms with Gasteiger partial charge in [-0.1, -0.05) is 0 Å². The molecule has 12 heteroatoms. The van der Waals surface area contributed by atoms with E-state index in [0.717, 1.165) is 31.2 Å². The van der Waals surface area contributed by atoms with Crippen molar-refractivity contribution in [2.24, 2.45) is 0 Å². The van der Waals surface area contributed by atoms with Crippen LogP contribution in [0.1, 0.15) is 34.0 Å². The smallest absolute Gasteiger partial charge is 0.417 e. The standard InChI is InChI=1S/C27H19F4N3O5/c1-26(15-38-21-10-6-18(14-33)23(28)12-21,39-24(35)16-4-8-20(37-2)9-5-16)25(36)34-19-7-3-17(13-32)22(11-19)27(29,30)31/h3-12H,15H2,1-2H3,(H,34,36)/t26-/m0/s1. The summed E-state index contributed by atoms with van der Waals surface area (Å²) in [6.45, 7) is 0.465. The van der Waals surface area contributed by atoms with Gasteiger partial charge < -0.3 is 19.5 Å². The molecule has 0 aliphatic heterocycles. The molecule has 0 aliphatic rings. The van der Waals surface area contributed by atoms with Crippen molar-refractivity contribution < 1.29 is 41.4 Å². The summed E-state index contributed by atoms with van der Waals surface area (Å²) >= 11 is 0. The van der Waals surface area contributed by atoms with E-state index in [-0.39, 0.29) is 22.6 Å². The second-order valence-corrected chi connectivity index (χ2v) is 8.22. The number of benzene rings is 3. The van der Waals surface area contributed by atoms with Crippen LogP contribution in [0.25, 0.3) is 0 Å². The van der Waals surface area contributed by atoms with Gasteiger partial charge in [-0.05, 0) is 61.5 Å². The zero-order valence-corrected chi connectivity index (χ0v) is 20.4. The summed E-state index contributed by atoms with van der Waals surface area (Å²) < 4.78 is 70.1. The van der Waals surface area contributed by atoms with Gasteiger partial charge in [-0.3, -0.25) is 4.79 Å². The van der Waals surface area contributed by atoms with E-state index in [9.17, 15) is 27.2 Å². The van der Waals surface area contributed by atoms with Crippen LogP contribution in [0.2, 0.25) is 0 Å². The summed E-state index contributed by atoms with van der Waals surface area (Å²) in [7, 11) is 1.42. The van der Waals surface area contributed by atoms with Crippen molar-refractivity contribution >= 4 is 17.6 Å². The molecule has 0 fully saturated rings. The first-order valence-electron chi connectivity index (χ1n) is 11.0. The lowest BCUT2D eigenvalue weighted by atomic mass is 10.0. The molecule has 1 amide bonds. The summed E-state index contributed by atoms with van der Waals surface area (Å²) in [5, 5.41) is 20.1. The predicted octanol–water partition coefficient (Wildman–Crippen LogP) is 5.23. The number of esters is 1. The molecule has 0 aromatic heterocycles. The van der Waals surface area contributed by atoms with Gasteiger partial charge in [0.25, 0.3) is 5.91 Å². The van der Waals surface area contributed by atoms with Crippen molar-refractivity contribution in [1.82, 2.24) is 0 Å². The van der Waals surface area contributed by atoms with Crippen LogP contribution in [-0.4, -0.2) is 31.2 Å². The van der Waals surface area contributed by atoms with Gasteiger partial charge in [0.1, 0.15) is 30.0 Å². The van der Waals surface area contributed by atoms with Crippen molar-refractivity contribution in [3.05, 3.63) is 88.7 Å². The molecule has 0 unspecified atom stereocenters. The number of hydrogen-bond donors (Lipinski definition) is 1. The zero-order chi connectivity index (χ0) is 28.8. The Kier molecular flexibility index (Phi) is 8.41. The molecule has 200 valence electrons. The minimum absolute atomic E-state index is 0.0250. The fourth-order valence-corrected chi connectivity index (χ4v) is 3.25. The van der Waals surface area contributed by atoms with Crippen molar-refractivity contribution in [3.8, 4) is 23.6 Å². The molecule has 3 aromatic rings. The van der Waals surface area contributed by atoms with Crippen molar-refractivity contribution in [2.75, 3.05) is 19.0 Å². The molecule has 3 rings (SSSR count). The third kappa shape index (κ3) is 6.81. The lowest BCUT2D eigenvalue weighted by molar-refractivity contribution is -0.138. The highest BCUT2D eigenvalue weighted by atomic mass is 19.4. The monoisotopic (exact) mass is 541 g/mol. The summed E-state index contributed by atoms with van der Waals surface area (Å²) in [6, 6.07) is 14.6. The molecular formula is C27H19F4N3O5. The Balaban J connectivity index is 1.91. The van der Waals surface area contributed by atoms with Gasteiger partial charge in [0.05, 0.1) is 35.4 Å². The molecule has 0 heterocycles. The third-order valence-corrected chi connectivity index (χ3v) is 5.40. The van der Waals surface area contributed by atoms with E-state index >= 15 is 0 Å². The van der Waals surface area contributed by atoms with E-state index in [1.54, 1.807) is 6.07 Å². The molecule has 1 N–H and O–H groups in total. The summed E-state index contributed by atoms with van der Waals surface area (Å²) in [5.74, 6) is -2.60. The van der Waals surface area contributed by atoms with E-state index in [1.807, 2.05) is 0 Å². The number of nitrogens with one attached hydrogen (secondary N) is 1. The maximum absolute atomic E-state index is 14.0. The number of carbonyl (C=O) groups is 2. The topological polar surface area (TPSA) is 121 Å². The van der Waals surface area contributed by atoms with Crippen molar-refractivity contribution in [3.63, 3.8) is 0 Å². The Labute approximate surface area is 219 Å². The first-order chi connectivity index (χ1) is 18.4. The number of anilines is 1. The molecule has 8 nitrogen and oxygen atoms in total. The quantitative estimate of drug-likeness (QED) is 0.306. The maximum Gasteiger partial charge on any atom is 0.417 e. The van der Waals surface area contributed by atoms with Gasteiger partial charge in [0.15, 0.2) is 0 Å². The minimum atomic E-state index is -4.88. The van der Waals surface area contributed by atoms with Crippen molar-refractivity contribution in [2.45, 2.75) is 18.7 Å². The van der Waals surface area contributed by atoms with Crippen LogP contribution in [0.3, 0.4) is 0 Å². The second kappa shape index (κ2) is 11.5. The highest BCUT2D eigenvalue weighted by molar-refractivity contribution is 6.00. The van der Waals surface area contributed by atoms with Gasteiger partial charge in [-0.15, -0.1) is 0 Å². The van der Waals surface area contributed by atoms with Gasteiger partial charge in [-0.25, -0.2) is 9.18 Å². The summed E-state index contributed by atoms with van der Waals surface area (Å²) in [5.41, 5.74) is -4.63. The fraction of sp³-hybridized carbons (Fsp3) is 0.185. The number of nitriles is 2. The van der Waals surface area contributed by atoms with Crippen molar-refractivity contribution in [1.29, 1.82) is 10.5 Å². The summed E-state index contributed by atoms with van der Waals surface area (Å²) in [6.07, 6.45) is -4.88. The maximum atomic E-state index is 14.0. The highest BCUT2D eigenvalue weighted by Gasteiger charge is 2.40. The lowest BCUT2D eigenvalue weighted by Crippen LogP contribution is -2.49. The van der Waals surface area contributed by atoms with E-state index in [4.69, 9.17) is 24.7 Å². The molecule has 0 radical (unpaired) electrons. The van der Waals surface area contributed by atoms with E-state index in [0.29, 0.717) is 11.8 Å². The Hall–Kier alpha value is -5.10. The Morgan fingerprint density at radius 2 is 1.54 bits per heavy atom. The van der Waals surface area contributed by atoms with Crippen LogP contribution >= 0.6 is 0 Å². The van der Waals surface area contributed by atoms with Gasteiger partial charge >= 0.3 is 12.1 Å². The molecule has 0 saturated carbocycles. The number of carbonyl (C=O) groups excluding carboxylic acids is 2. The van der Waals surface area contributed by atoms with Crippen LogP contribution in [-0.2, 0) is 15.7 Å². The third-order valence-electron chi connectivity index (χ3n) is 5.40. The number of ether oxygens (including phenoxy) is 3. The van der Waals surface area contributed by atoms with Crippen LogP contribution in [0.15, 0.2) is 60.7 Å². The van der Waals surface area contributed by atoms with Gasteiger partial charge in [0, 0.05) is 11.8 Å². The number of methoxy groups -OCH3 is 1. The number of hydrogen-bond acceptors (Lipinski definition) is 7. The molecule has 0 bridgehead atoms. The second-order valence-electron chi connectivity index (χ2n) is 8.22. The summed E-state index contributed by atoms with van der Waals surface area (Å²) in [4.78, 5) is 26.1. The SMILES string of the molecule is COc1ccc(C(=O)O[C@@](C)(COc2ccc(C#N)c(F)c2)C(=O)Nc2ccc(C#N)c(C(F)(F)F)c2)cc1. The normalized spacial score (nSPS) is 12.3.